The highest BCUT2D eigenvalue weighted by Gasteiger charge is 2.49. The van der Waals surface area contributed by atoms with Gasteiger partial charge in [-0.15, -0.1) is 0 Å². The van der Waals surface area contributed by atoms with Crippen LogP contribution in [-0.2, 0) is 19.1 Å². The summed E-state index contributed by atoms with van der Waals surface area (Å²) < 4.78 is 4.70. The van der Waals surface area contributed by atoms with Gasteiger partial charge in [0.15, 0.2) is 0 Å². The molecule has 1 aliphatic carbocycles. The number of amides is 2. The van der Waals surface area contributed by atoms with Gasteiger partial charge in [0.2, 0.25) is 11.8 Å². The zero-order valence-electron chi connectivity index (χ0n) is 10.4. The number of allylic oxidation sites excluding steroid dienone is 2. The first-order valence-corrected chi connectivity index (χ1v) is 5.75. The molecule has 0 aromatic rings. The Bertz CT molecular complexity index is 477. The lowest BCUT2D eigenvalue weighted by molar-refractivity contribution is -0.138. The standard InChI is InChI=1S/C13H15NO4/c1-4-7-5-9-10(6-8(7)13(17)18-3)12(16)14(2)11(9)15/h4,9-10H,1,5-6H2,2-3H3/t9-,10+/m0/s1. The van der Waals surface area contributed by atoms with Crippen molar-refractivity contribution < 1.29 is 19.1 Å². The van der Waals surface area contributed by atoms with Crippen LogP contribution in [0.1, 0.15) is 12.8 Å². The maximum Gasteiger partial charge on any atom is 0.334 e. The fourth-order valence-corrected chi connectivity index (χ4v) is 2.66. The van der Waals surface area contributed by atoms with Crippen LogP contribution in [0.3, 0.4) is 0 Å². The largest absolute Gasteiger partial charge is 0.466 e. The third-order valence-corrected chi connectivity index (χ3v) is 3.71. The highest BCUT2D eigenvalue weighted by atomic mass is 16.5. The van der Waals surface area contributed by atoms with Crippen LogP contribution in [0.5, 0.6) is 0 Å². The molecule has 2 rings (SSSR count). The normalized spacial score (nSPS) is 27.3. The molecule has 96 valence electrons. The fourth-order valence-electron chi connectivity index (χ4n) is 2.66. The molecule has 0 bridgehead atoms. The monoisotopic (exact) mass is 249 g/mol. The van der Waals surface area contributed by atoms with Gasteiger partial charge in [0.05, 0.1) is 18.9 Å². The van der Waals surface area contributed by atoms with Crippen LogP contribution >= 0.6 is 0 Å². The Morgan fingerprint density at radius 2 is 1.89 bits per heavy atom. The SMILES string of the molecule is C=CC1=C(C(=O)OC)C[C@H]2C(=O)N(C)C(=O)[C@H]2C1. The Hall–Kier alpha value is -1.91. The average molecular weight is 249 g/mol. The van der Waals surface area contributed by atoms with Crippen molar-refractivity contribution in [1.29, 1.82) is 0 Å². The van der Waals surface area contributed by atoms with E-state index < -0.39 is 11.9 Å². The van der Waals surface area contributed by atoms with Crippen molar-refractivity contribution in [3.8, 4) is 0 Å². The number of rotatable bonds is 2. The molecule has 1 aliphatic heterocycles. The maximum atomic E-state index is 11.9. The predicted molar refractivity (Wildman–Crippen MR) is 63.2 cm³/mol. The van der Waals surface area contributed by atoms with Crippen LogP contribution in [0.4, 0.5) is 0 Å². The Morgan fingerprint density at radius 3 is 2.39 bits per heavy atom. The third-order valence-electron chi connectivity index (χ3n) is 3.71. The molecule has 0 spiro atoms. The minimum absolute atomic E-state index is 0.173. The summed E-state index contributed by atoms with van der Waals surface area (Å²) >= 11 is 0. The smallest absolute Gasteiger partial charge is 0.334 e. The molecular formula is C13H15NO4. The quantitative estimate of drug-likeness (QED) is 0.533. The second kappa shape index (κ2) is 4.40. The first kappa shape index (κ1) is 12.5. The number of imide groups is 1. The van der Waals surface area contributed by atoms with Gasteiger partial charge in [-0.2, -0.15) is 0 Å². The number of fused-ring (bicyclic) bond motifs is 1. The molecule has 5 nitrogen and oxygen atoms in total. The molecule has 2 amide bonds. The van der Waals surface area contributed by atoms with E-state index in [-0.39, 0.29) is 24.2 Å². The molecule has 2 aliphatic rings. The molecule has 0 unspecified atom stereocenters. The highest BCUT2D eigenvalue weighted by molar-refractivity contribution is 6.06. The second-order valence-electron chi connectivity index (χ2n) is 4.56. The molecule has 2 atom stereocenters. The summed E-state index contributed by atoms with van der Waals surface area (Å²) in [7, 11) is 2.78. The van der Waals surface area contributed by atoms with Gasteiger partial charge in [0, 0.05) is 12.6 Å². The number of likely N-dealkylation sites (tertiary alicyclic amines) is 1. The average Bonchev–Trinajstić information content (AvgIpc) is 2.61. The molecule has 0 N–H and O–H groups in total. The molecule has 0 aromatic heterocycles. The van der Waals surface area contributed by atoms with Crippen LogP contribution in [0.15, 0.2) is 23.8 Å². The minimum Gasteiger partial charge on any atom is -0.466 e. The zero-order valence-corrected chi connectivity index (χ0v) is 10.4. The number of carbonyl (C=O) groups excluding carboxylic acids is 3. The fraction of sp³-hybridized carbons (Fsp3) is 0.462. The summed E-state index contributed by atoms with van der Waals surface area (Å²) in [6.45, 7) is 3.65. The van der Waals surface area contributed by atoms with Crippen LogP contribution in [-0.4, -0.2) is 36.8 Å². The molecule has 0 saturated carbocycles. The zero-order chi connectivity index (χ0) is 13.4. The molecule has 0 radical (unpaired) electrons. The van der Waals surface area contributed by atoms with E-state index in [1.165, 1.54) is 14.2 Å². The Labute approximate surface area is 105 Å². The van der Waals surface area contributed by atoms with E-state index in [2.05, 4.69) is 6.58 Å². The van der Waals surface area contributed by atoms with Crippen LogP contribution in [0.2, 0.25) is 0 Å². The van der Waals surface area contributed by atoms with Gasteiger partial charge in [-0.25, -0.2) is 4.79 Å². The summed E-state index contributed by atoms with van der Waals surface area (Å²) in [5.74, 6) is -1.62. The van der Waals surface area contributed by atoms with Crippen molar-refractivity contribution >= 4 is 17.8 Å². The summed E-state index contributed by atoms with van der Waals surface area (Å²) in [5.41, 5.74) is 1.17. The van der Waals surface area contributed by atoms with Crippen molar-refractivity contribution in [2.75, 3.05) is 14.2 Å². The van der Waals surface area contributed by atoms with E-state index in [0.29, 0.717) is 17.6 Å². The topological polar surface area (TPSA) is 63.7 Å². The van der Waals surface area contributed by atoms with Crippen molar-refractivity contribution in [3.63, 3.8) is 0 Å². The van der Waals surface area contributed by atoms with E-state index in [1.54, 1.807) is 6.08 Å². The first-order valence-electron chi connectivity index (χ1n) is 5.75. The van der Waals surface area contributed by atoms with E-state index in [4.69, 9.17) is 4.74 Å². The maximum absolute atomic E-state index is 11.9. The van der Waals surface area contributed by atoms with Crippen molar-refractivity contribution in [3.05, 3.63) is 23.8 Å². The lowest BCUT2D eigenvalue weighted by atomic mass is 9.77. The highest BCUT2D eigenvalue weighted by Crippen LogP contribution is 2.40. The Morgan fingerprint density at radius 1 is 1.33 bits per heavy atom. The van der Waals surface area contributed by atoms with Gasteiger partial charge < -0.3 is 4.74 Å². The minimum atomic E-state index is -0.446. The summed E-state index contributed by atoms with van der Waals surface area (Å²) in [6, 6.07) is 0. The first-order chi connectivity index (χ1) is 8.51. The Balaban J connectivity index is 2.38. The molecule has 5 heteroatoms. The van der Waals surface area contributed by atoms with Crippen LogP contribution in [0, 0.1) is 11.8 Å². The number of hydrogen-bond acceptors (Lipinski definition) is 4. The Kier molecular flexibility index (Phi) is 3.07. The van der Waals surface area contributed by atoms with Gasteiger partial charge in [-0.05, 0) is 18.4 Å². The number of nitrogens with zero attached hydrogens (tertiary/aromatic N) is 1. The van der Waals surface area contributed by atoms with Crippen LogP contribution in [0.25, 0.3) is 0 Å². The number of methoxy groups -OCH3 is 1. The van der Waals surface area contributed by atoms with Crippen molar-refractivity contribution in [1.82, 2.24) is 4.90 Å². The molecule has 1 saturated heterocycles. The third kappa shape index (κ3) is 1.66. The van der Waals surface area contributed by atoms with Crippen molar-refractivity contribution in [2.45, 2.75) is 12.8 Å². The summed E-state index contributed by atoms with van der Waals surface area (Å²) in [6.07, 6.45) is 2.21. The van der Waals surface area contributed by atoms with Gasteiger partial charge in [0.1, 0.15) is 0 Å². The number of carbonyl (C=O) groups is 3. The van der Waals surface area contributed by atoms with Gasteiger partial charge >= 0.3 is 5.97 Å². The lowest BCUT2D eigenvalue weighted by Crippen LogP contribution is -2.26. The number of esters is 1. The molecular weight excluding hydrogens is 234 g/mol. The van der Waals surface area contributed by atoms with E-state index in [9.17, 15) is 14.4 Å². The molecule has 1 heterocycles. The molecule has 0 aromatic carbocycles. The number of hydrogen-bond donors (Lipinski definition) is 0. The van der Waals surface area contributed by atoms with Gasteiger partial charge in [0.25, 0.3) is 0 Å². The van der Waals surface area contributed by atoms with Gasteiger partial charge in [-0.3, -0.25) is 14.5 Å². The lowest BCUT2D eigenvalue weighted by Gasteiger charge is -2.24. The molecule has 18 heavy (non-hydrogen) atoms. The molecule has 1 fully saturated rings. The predicted octanol–water partition coefficient (Wildman–Crippen LogP) is 0.667. The second-order valence-corrected chi connectivity index (χ2v) is 4.56. The van der Waals surface area contributed by atoms with Crippen LogP contribution < -0.4 is 0 Å². The van der Waals surface area contributed by atoms with E-state index in [1.807, 2.05) is 0 Å². The summed E-state index contributed by atoms with van der Waals surface area (Å²) in [5, 5.41) is 0. The van der Waals surface area contributed by atoms with Gasteiger partial charge in [-0.1, -0.05) is 12.7 Å². The number of ether oxygens (including phenoxy) is 1. The van der Waals surface area contributed by atoms with E-state index >= 15 is 0 Å². The van der Waals surface area contributed by atoms with Crippen molar-refractivity contribution in [2.24, 2.45) is 11.8 Å². The van der Waals surface area contributed by atoms with E-state index in [0.717, 1.165) is 4.90 Å². The summed E-state index contributed by atoms with van der Waals surface area (Å²) in [4.78, 5) is 36.6.